The summed E-state index contributed by atoms with van der Waals surface area (Å²) in [6.07, 6.45) is 7.94. The summed E-state index contributed by atoms with van der Waals surface area (Å²) in [6.45, 7) is 8.27. The van der Waals surface area contributed by atoms with Gasteiger partial charge in [-0.2, -0.15) is 0 Å². The minimum atomic E-state index is -0.600. The molecule has 0 N–H and O–H groups in total. The van der Waals surface area contributed by atoms with Gasteiger partial charge in [-0.05, 0) is 27.7 Å². The second kappa shape index (κ2) is 4.89. The molecule has 3 aliphatic heterocycles. The lowest BCUT2D eigenvalue weighted by Gasteiger charge is -2.31. The summed E-state index contributed by atoms with van der Waals surface area (Å²) in [5.41, 5.74) is 0. The van der Waals surface area contributed by atoms with E-state index in [1.807, 2.05) is 27.7 Å². The normalized spacial score (nSPS) is 45.7. The van der Waals surface area contributed by atoms with Crippen molar-refractivity contribution in [1.82, 2.24) is 0 Å². The van der Waals surface area contributed by atoms with E-state index < -0.39 is 11.6 Å². The van der Waals surface area contributed by atoms with Crippen LogP contribution in [-0.4, -0.2) is 42.8 Å². The van der Waals surface area contributed by atoms with Gasteiger partial charge in [0.2, 0.25) is 0 Å². The van der Waals surface area contributed by atoms with E-state index in [9.17, 15) is 0 Å². The first-order chi connectivity index (χ1) is 10.3. The van der Waals surface area contributed by atoms with E-state index in [1.54, 1.807) is 0 Å². The molecule has 22 heavy (non-hydrogen) atoms. The van der Waals surface area contributed by atoms with Crippen molar-refractivity contribution < 1.29 is 23.7 Å². The molecule has 0 saturated carbocycles. The quantitative estimate of drug-likeness (QED) is 0.784. The maximum atomic E-state index is 6.20. The van der Waals surface area contributed by atoms with Gasteiger partial charge in [-0.15, -0.1) is 0 Å². The molecular formula is C17H24O5. The second-order valence-electron chi connectivity index (χ2n) is 7.36. The predicted molar refractivity (Wildman–Crippen MR) is 78.9 cm³/mol. The first kappa shape index (κ1) is 14.8. The summed E-state index contributed by atoms with van der Waals surface area (Å²) in [7, 11) is 0. The topological polar surface area (TPSA) is 46.2 Å². The predicted octanol–water partition coefficient (Wildman–Crippen LogP) is 2.37. The molecule has 3 heterocycles. The molecule has 3 fully saturated rings. The molecule has 1 unspecified atom stereocenters. The highest BCUT2D eigenvalue weighted by molar-refractivity contribution is 5.21. The Morgan fingerprint density at radius 3 is 2.23 bits per heavy atom. The zero-order valence-electron chi connectivity index (χ0n) is 13.5. The highest BCUT2D eigenvalue weighted by atomic mass is 16.8. The molecule has 0 spiro atoms. The van der Waals surface area contributed by atoms with Gasteiger partial charge in [0, 0.05) is 11.8 Å². The number of ether oxygens (including phenoxy) is 5. The SMILES string of the molecule is CC1(C)O[C@H]2OC([C@H]3COC(C)(C)O3)[C@@H](C3C=CC=C3)[C@H]2O1. The van der Waals surface area contributed by atoms with Crippen LogP contribution >= 0.6 is 0 Å². The van der Waals surface area contributed by atoms with Gasteiger partial charge >= 0.3 is 0 Å². The summed E-state index contributed by atoms with van der Waals surface area (Å²) >= 11 is 0. The van der Waals surface area contributed by atoms with Crippen molar-refractivity contribution in [3.8, 4) is 0 Å². The molecule has 5 nitrogen and oxygen atoms in total. The lowest BCUT2D eigenvalue weighted by molar-refractivity contribution is -0.228. The molecule has 4 aliphatic rings. The summed E-state index contributed by atoms with van der Waals surface area (Å²) in [5, 5.41) is 0. The van der Waals surface area contributed by atoms with Gasteiger partial charge in [-0.25, -0.2) is 0 Å². The van der Waals surface area contributed by atoms with Crippen LogP contribution in [0.3, 0.4) is 0 Å². The number of hydrogen-bond acceptors (Lipinski definition) is 5. The largest absolute Gasteiger partial charge is 0.348 e. The van der Waals surface area contributed by atoms with Gasteiger partial charge in [-0.3, -0.25) is 0 Å². The number of hydrogen-bond donors (Lipinski definition) is 0. The van der Waals surface area contributed by atoms with Gasteiger partial charge in [0.25, 0.3) is 0 Å². The van der Waals surface area contributed by atoms with E-state index in [1.165, 1.54) is 0 Å². The van der Waals surface area contributed by atoms with Crippen LogP contribution in [0.1, 0.15) is 27.7 Å². The van der Waals surface area contributed by atoms with E-state index >= 15 is 0 Å². The van der Waals surface area contributed by atoms with Crippen LogP contribution in [0.2, 0.25) is 0 Å². The third-order valence-electron chi connectivity index (χ3n) is 4.76. The van der Waals surface area contributed by atoms with E-state index in [2.05, 4.69) is 24.3 Å². The van der Waals surface area contributed by atoms with Crippen LogP contribution in [0, 0.1) is 11.8 Å². The molecule has 0 amide bonds. The zero-order chi connectivity index (χ0) is 15.5. The average molecular weight is 308 g/mol. The van der Waals surface area contributed by atoms with Crippen LogP contribution in [0.25, 0.3) is 0 Å². The molecule has 0 bridgehead atoms. The van der Waals surface area contributed by atoms with Crippen molar-refractivity contribution >= 4 is 0 Å². The van der Waals surface area contributed by atoms with Gasteiger partial charge < -0.3 is 23.7 Å². The fourth-order valence-corrected chi connectivity index (χ4v) is 3.91. The van der Waals surface area contributed by atoms with Crippen LogP contribution in [0.15, 0.2) is 24.3 Å². The maximum Gasteiger partial charge on any atom is 0.187 e. The molecule has 0 aromatic rings. The Labute approximate surface area is 131 Å². The summed E-state index contributed by atoms with van der Waals surface area (Å²) < 4.78 is 30.0. The summed E-state index contributed by atoms with van der Waals surface area (Å²) in [6, 6.07) is 0. The van der Waals surface area contributed by atoms with Crippen molar-refractivity contribution in [2.24, 2.45) is 11.8 Å². The Morgan fingerprint density at radius 1 is 0.864 bits per heavy atom. The third kappa shape index (κ3) is 2.45. The molecule has 122 valence electrons. The van der Waals surface area contributed by atoms with Crippen molar-refractivity contribution in [2.45, 2.75) is 63.9 Å². The van der Waals surface area contributed by atoms with E-state index in [0.717, 1.165) is 0 Å². The fraction of sp³-hybridized carbons (Fsp3) is 0.765. The van der Waals surface area contributed by atoms with Crippen molar-refractivity contribution in [1.29, 1.82) is 0 Å². The highest BCUT2D eigenvalue weighted by Gasteiger charge is 2.59. The standard InChI is InChI=1S/C17H24O5/c1-16(2)18-9-11(20-16)13-12(10-7-5-6-8-10)14-15(19-13)22-17(3,4)21-14/h5-8,10-15H,9H2,1-4H3/t11-,12-,13?,14-,15-/m1/s1. The van der Waals surface area contributed by atoms with E-state index in [0.29, 0.717) is 6.61 Å². The van der Waals surface area contributed by atoms with Crippen LogP contribution in [0.5, 0.6) is 0 Å². The van der Waals surface area contributed by atoms with E-state index in [4.69, 9.17) is 23.7 Å². The number of rotatable bonds is 2. The monoisotopic (exact) mass is 308 g/mol. The second-order valence-corrected chi connectivity index (χ2v) is 7.36. The van der Waals surface area contributed by atoms with Gasteiger partial charge in [0.1, 0.15) is 12.2 Å². The minimum Gasteiger partial charge on any atom is -0.348 e. The zero-order valence-corrected chi connectivity index (χ0v) is 13.5. The molecule has 5 heteroatoms. The van der Waals surface area contributed by atoms with Crippen molar-refractivity contribution in [3.63, 3.8) is 0 Å². The minimum absolute atomic E-state index is 0.0790. The van der Waals surface area contributed by atoms with Gasteiger partial charge in [-0.1, -0.05) is 24.3 Å². The molecule has 4 rings (SSSR count). The Bertz CT molecular complexity index is 497. The average Bonchev–Trinajstić information content (AvgIpc) is 3.11. The van der Waals surface area contributed by atoms with Gasteiger partial charge in [0.15, 0.2) is 17.9 Å². The molecule has 5 atom stereocenters. The third-order valence-corrected chi connectivity index (χ3v) is 4.76. The van der Waals surface area contributed by atoms with Crippen LogP contribution in [-0.2, 0) is 23.7 Å². The smallest absolute Gasteiger partial charge is 0.187 e. The Morgan fingerprint density at radius 2 is 1.59 bits per heavy atom. The lowest BCUT2D eigenvalue weighted by Crippen LogP contribution is -2.41. The molecule has 0 aromatic carbocycles. The van der Waals surface area contributed by atoms with Crippen molar-refractivity contribution in [2.75, 3.05) is 6.61 Å². The lowest BCUT2D eigenvalue weighted by atomic mass is 9.83. The molecule has 1 aliphatic carbocycles. The Balaban J connectivity index is 1.59. The van der Waals surface area contributed by atoms with Crippen LogP contribution in [0.4, 0.5) is 0 Å². The Kier molecular flexibility index (Phi) is 3.30. The van der Waals surface area contributed by atoms with E-state index in [-0.39, 0.29) is 36.4 Å². The molecule has 3 saturated heterocycles. The molecular weight excluding hydrogens is 284 g/mol. The number of fused-ring (bicyclic) bond motifs is 1. The number of allylic oxidation sites excluding steroid dienone is 4. The van der Waals surface area contributed by atoms with Crippen molar-refractivity contribution in [3.05, 3.63) is 24.3 Å². The Hall–Kier alpha value is -0.720. The van der Waals surface area contributed by atoms with Gasteiger partial charge in [0.05, 0.1) is 12.7 Å². The highest BCUT2D eigenvalue weighted by Crippen LogP contribution is 2.47. The summed E-state index contributed by atoms with van der Waals surface area (Å²) in [4.78, 5) is 0. The molecule has 0 radical (unpaired) electrons. The first-order valence-electron chi connectivity index (χ1n) is 8.03. The maximum absolute atomic E-state index is 6.20. The first-order valence-corrected chi connectivity index (χ1v) is 8.03. The summed E-state index contributed by atoms with van der Waals surface area (Å²) in [5.74, 6) is -0.704. The molecule has 0 aromatic heterocycles. The van der Waals surface area contributed by atoms with Crippen LogP contribution < -0.4 is 0 Å². The fourth-order valence-electron chi connectivity index (χ4n) is 3.91.